The lowest BCUT2D eigenvalue weighted by Gasteiger charge is -2.23. The van der Waals surface area contributed by atoms with Crippen LogP contribution < -0.4 is 10.6 Å². The van der Waals surface area contributed by atoms with Gasteiger partial charge in [0, 0.05) is 45.5 Å². The Hall–Kier alpha value is -7.62. The summed E-state index contributed by atoms with van der Waals surface area (Å²) in [6, 6.07) is 77.5. The summed E-state index contributed by atoms with van der Waals surface area (Å²) in [5, 5.41) is 12.9. The molecule has 304 valence electrons. The van der Waals surface area contributed by atoms with Gasteiger partial charge in [-0.15, -0.1) is 0 Å². The van der Waals surface area contributed by atoms with Crippen LogP contribution in [0, 0.1) is 0 Å². The van der Waals surface area contributed by atoms with Crippen LogP contribution in [0.5, 0.6) is 0 Å². The van der Waals surface area contributed by atoms with E-state index in [0.717, 1.165) is 31.5 Å². The van der Waals surface area contributed by atoms with Crippen molar-refractivity contribution in [2.45, 2.75) is 38.6 Å². The van der Waals surface area contributed by atoms with Gasteiger partial charge in [-0.05, 0) is 130 Å². The van der Waals surface area contributed by atoms with E-state index in [9.17, 15) is 0 Å². The maximum atomic E-state index is 3.91. The monoisotopic (exact) mass is 811 g/mol. The number of allylic oxidation sites excluding steroid dienone is 2. The number of nitrogens with one attached hydrogen (secondary N) is 2. The third kappa shape index (κ3) is 7.79. The van der Waals surface area contributed by atoms with Gasteiger partial charge in [0.1, 0.15) is 0 Å². The van der Waals surface area contributed by atoms with E-state index in [1.807, 2.05) is 0 Å². The number of rotatable bonds is 11. The molecule has 0 saturated heterocycles. The summed E-state index contributed by atoms with van der Waals surface area (Å²) in [6.45, 7) is 0.732. The molecule has 10 aromatic rings. The highest BCUT2D eigenvalue weighted by Crippen LogP contribution is 2.38. The van der Waals surface area contributed by atoms with Gasteiger partial charge in [0.05, 0.1) is 11.0 Å². The molecule has 0 amide bonds. The Kier molecular flexibility index (Phi) is 10.4. The van der Waals surface area contributed by atoms with E-state index in [4.69, 9.17) is 0 Å². The number of fused-ring (bicyclic) bond motifs is 4. The minimum Gasteiger partial charge on any atom is -0.380 e. The number of anilines is 2. The number of para-hydroxylation sites is 2. The molecule has 1 aliphatic rings. The predicted molar refractivity (Wildman–Crippen MR) is 268 cm³/mol. The fraction of sp³-hybridized carbons (Fsp3) is 0.100. The highest BCUT2D eigenvalue weighted by atomic mass is 15.0. The van der Waals surface area contributed by atoms with Crippen molar-refractivity contribution in [1.82, 2.24) is 4.57 Å². The molecule has 9 aromatic carbocycles. The van der Waals surface area contributed by atoms with Crippen LogP contribution >= 0.6 is 0 Å². The van der Waals surface area contributed by atoms with Gasteiger partial charge in [0.15, 0.2) is 0 Å². The van der Waals surface area contributed by atoms with Crippen molar-refractivity contribution in [2.24, 2.45) is 0 Å². The third-order valence-corrected chi connectivity index (χ3v) is 12.9. The molecule has 0 unspecified atom stereocenters. The Bertz CT molecular complexity index is 3250. The van der Waals surface area contributed by atoms with Crippen LogP contribution in [0.2, 0.25) is 0 Å². The molecular formula is C60H49N3. The molecule has 0 atom stereocenters. The van der Waals surface area contributed by atoms with Gasteiger partial charge in [-0.25, -0.2) is 0 Å². The number of aromatic nitrogens is 1. The van der Waals surface area contributed by atoms with Crippen LogP contribution in [0.1, 0.15) is 47.9 Å². The van der Waals surface area contributed by atoms with E-state index in [1.165, 1.54) is 113 Å². The fourth-order valence-electron chi connectivity index (χ4n) is 9.70. The number of benzene rings is 9. The van der Waals surface area contributed by atoms with Crippen LogP contribution in [0.25, 0.3) is 66.1 Å². The Balaban J connectivity index is 0.828. The highest BCUT2D eigenvalue weighted by Gasteiger charge is 2.17. The third-order valence-electron chi connectivity index (χ3n) is 12.9. The van der Waals surface area contributed by atoms with Crippen LogP contribution in [0.3, 0.4) is 0 Å². The molecule has 1 aliphatic carbocycles. The fourth-order valence-corrected chi connectivity index (χ4v) is 9.70. The molecular weight excluding hydrogens is 763 g/mol. The molecule has 63 heavy (non-hydrogen) atoms. The van der Waals surface area contributed by atoms with E-state index in [2.05, 4.69) is 228 Å². The molecule has 0 fully saturated rings. The van der Waals surface area contributed by atoms with Crippen LogP contribution in [0.4, 0.5) is 11.4 Å². The second-order valence-electron chi connectivity index (χ2n) is 16.9. The second-order valence-corrected chi connectivity index (χ2v) is 16.9. The molecule has 0 radical (unpaired) electrons. The molecule has 3 heteroatoms. The maximum absolute atomic E-state index is 3.91. The highest BCUT2D eigenvalue weighted by molar-refractivity contribution is 6.10. The molecule has 2 N–H and O–H groups in total. The predicted octanol–water partition coefficient (Wildman–Crippen LogP) is 15.9. The van der Waals surface area contributed by atoms with E-state index < -0.39 is 0 Å². The zero-order valence-corrected chi connectivity index (χ0v) is 35.4. The molecule has 0 saturated carbocycles. The molecule has 1 heterocycles. The van der Waals surface area contributed by atoms with Crippen LogP contribution in [-0.2, 0) is 13.0 Å². The lowest BCUT2D eigenvalue weighted by atomic mass is 9.89. The summed E-state index contributed by atoms with van der Waals surface area (Å²) in [6.07, 6.45) is 5.39. The summed E-state index contributed by atoms with van der Waals surface area (Å²) >= 11 is 0. The summed E-state index contributed by atoms with van der Waals surface area (Å²) in [4.78, 5) is 0. The smallest absolute Gasteiger partial charge is 0.0541 e. The van der Waals surface area contributed by atoms with Crippen molar-refractivity contribution in [3.05, 3.63) is 240 Å². The van der Waals surface area contributed by atoms with Gasteiger partial charge < -0.3 is 15.2 Å². The molecule has 11 rings (SSSR count). The van der Waals surface area contributed by atoms with E-state index in [1.54, 1.807) is 0 Å². The molecule has 3 nitrogen and oxygen atoms in total. The summed E-state index contributed by atoms with van der Waals surface area (Å²) in [5.41, 5.74) is 18.9. The van der Waals surface area contributed by atoms with E-state index in [-0.39, 0.29) is 0 Å². The van der Waals surface area contributed by atoms with Crippen LogP contribution in [0.15, 0.2) is 218 Å². The standard InChI is InChI=1S/C60H49N3/c1-3-15-44(16-4-1)45-28-26-42(27-29-45)38-50-35-34-47-17-7-8-22-54(47)60(50)61-41-43-14-13-18-51(39-43)62-57-24-11-9-21-53(57)48-32-30-46(31-33-48)49-36-37-59-56(40-49)55-23-10-12-25-58(55)63(59)52-19-5-2-6-20-52/h1-8,10,12-20,22-23,25-37,39-40,61-62H,9,11,21,24,38,41H2. The van der Waals surface area contributed by atoms with Crippen molar-refractivity contribution in [3.8, 4) is 27.9 Å². The van der Waals surface area contributed by atoms with Crippen molar-refractivity contribution in [2.75, 3.05) is 10.6 Å². The van der Waals surface area contributed by atoms with E-state index in [0.29, 0.717) is 0 Å². The van der Waals surface area contributed by atoms with Crippen molar-refractivity contribution < 1.29 is 0 Å². The minimum atomic E-state index is 0.732. The normalized spacial score (nSPS) is 12.9. The molecule has 1 aromatic heterocycles. The SMILES string of the molecule is c1ccc(-c2ccc(Cc3ccc4ccccc4c3NCc3cccc(NC4=C(c5ccc(-c6ccc7c(c6)c6ccccc6n7-c6ccccc6)cc5)CCCC4)c3)cc2)cc1. The Labute approximate surface area is 370 Å². The van der Waals surface area contributed by atoms with Crippen molar-refractivity contribution in [3.63, 3.8) is 0 Å². The first kappa shape index (κ1) is 38.3. The van der Waals surface area contributed by atoms with Crippen LogP contribution in [-0.4, -0.2) is 4.57 Å². The minimum absolute atomic E-state index is 0.732. The Morgan fingerprint density at radius 3 is 1.92 bits per heavy atom. The second kappa shape index (κ2) is 17.0. The van der Waals surface area contributed by atoms with Gasteiger partial charge in [0.25, 0.3) is 0 Å². The molecule has 0 bridgehead atoms. The van der Waals surface area contributed by atoms with Gasteiger partial charge in [-0.3, -0.25) is 0 Å². The largest absolute Gasteiger partial charge is 0.380 e. The Morgan fingerprint density at radius 1 is 0.429 bits per heavy atom. The summed E-state index contributed by atoms with van der Waals surface area (Å²) in [5.74, 6) is 0. The average Bonchev–Trinajstić information content (AvgIpc) is 3.68. The summed E-state index contributed by atoms with van der Waals surface area (Å²) in [7, 11) is 0. The number of nitrogens with zero attached hydrogens (tertiary/aromatic N) is 1. The molecule has 0 aliphatic heterocycles. The van der Waals surface area contributed by atoms with Gasteiger partial charge in [0.2, 0.25) is 0 Å². The first-order valence-corrected chi connectivity index (χ1v) is 22.4. The van der Waals surface area contributed by atoms with Gasteiger partial charge in [-0.1, -0.05) is 170 Å². The van der Waals surface area contributed by atoms with E-state index >= 15 is 0 Å². The van der Waals surface area contributed by atoms with Crippen molar-refractivity contribution >= 4 is 49.5 Å². The lowest BCUT2D eigenvalue weighted by Crippen LogP contribution is -2.09. The van der Waals surface area contributed by atoms with Crippen molar-refractivity contribution in [1.29, 1.82) is 0 Å². The number of hydrogen-bond acceptors (Lipinski definition) is 2. The topological polar surface area (TPSA) is 29.0 Å². The Morgan fingerprint density at radius 2 is 1.08 bits per heavy atom. The zero-order valence-electron chi connectivity index (χ0n) is 35.4. The average molecular weight is 812 g/mol. The quantitative estimate of drug-likeness (QED) is 0.136. The summed E-state index contributed by atoms with van der Waals surface area (Å²) < 4.78 is 2.38. The zero-order chi connectivity index (χ0) is 42.0. The van der Waals surface area contributed by atoms with Gasteiger partial charge >= 0.3 is 0 Å². The van der Waals surface area contributed by atoms with Gasteiger partial charge in [-0.2, -0.15) is 0 Å². The maximum Gasteiger partial charge on any atom is 0.0541 e. The first-order valence-electron chi connectivity index (χ1n) is 22.4. The lowest BCUT2D eigenvalue weighted by molar-refractivity contribution is 0.717. The molecule has 0 spiro atoms. The number of hydrogen-bond donors (Lipinski definition) is 2. The first-order chi connectivity index (χ1) is 31.2.